The molecular formula is C10H17NO. The monoisotopic (exact) mass is 167 g/mol. The molecule has 2 nitrogen and oxygen atoms in total. The molecule has 0 spiro atoms. The summed E-state index contributed by atoms with van der Waals surface area (Å²) in [5.41, 5.74) is 0. The van der Waals surface area contributed by atoms with Gasteiger partial charge in [-0.1, -0.05) is 32.6 Å². The van der Waals surface area contributed by atoms with Crippen LogP contribution in [0, 0.1) is 12.3 Å². The van der Waals surface area contributed by atoms with Crippen LogP contribution in [0.1, 0.15) is 39.0 Å². The first-order chi connectivity index (χ1) is 5.81. The Hall–Kier alpha value is -0.970. The topological polar surface area (TPSA) is 29.1 Å². The van der Waals surface area contributed by atoms with Crippen LogP contribution in [0.3, 0.4) is 0 Å². The molecule has 0 aliphatic heterocycles. The van der Waals surface area contributed by atoms with Crippen LogP contribution in [-0.4, -0.2) is 12.5 Å². The average Bonchev–Trinajstić information content (AvgIpc) is 2.10. The van der Waals surface area contributed by atoms with Gasteiger partial charge in [-0.3, -0.25) is 4.79 Å². The molecule has 0 bridgehead atoms. The van der Waals surface area contributed by atoms with Crippen LogP contribution in [0.4, 0.5) is 0 Å². The molecule has 0 heterocycles. The van der Waals surface area contributed by atoms with E-state index in [1.807, 2.05) is 5.92 Å². The Morgan fingerprint density at radius 1 is 1.33 bits per heavy atom. The lowest BCUT2D eigenvalue weighted by Gasteiger charge is -2.00. The number of carbonyl (C=O) groups excluding carboxylic acids is 1. The first-order valence-corrected chi connectivity index (χ1v) is 4.55. The summed E-state index contributed by atoms with van der Waals surface area (Å²) in [6.07, 6.45) is 10.9. The predicted octanol–water partition coefficient (Wildman–Crippen LogP) is 1.71. The number of unbranched alkanes of at least 4 members (excludes halogenated alkanes) is 4. The van der Waals surface area contributed by atoms with Crippen LogP contribution in [0.2, 0.25) is 0 Å². The van der Waals surface area contributed by atoms with E-state index in [-0.39, 0.29) is 5.91 Å². The first-order valence-electron chi connectivity index (χ1n) is 4.55. The van der Waals surface area contributed by atoms with Crippen molar-refractivity contribution in [2.45, 2.75) is 39.0 Å². The lowest BCUT2D eigenvalue weighted by Crippen LogP contribution is -2.22. The highest BCUT2D eigenvalue weighted by atomic mass is 16.1. The van der Waals surface area contributed by atoms with Crippen molar-refractivity contribution in [2.24, 2.45) is 0 Å². The molecule has 0 fully saturated rings. The fourth-order valence-corrected chi connectivity index (χ4v) is 0.982. The van der Waals surface area contributed by atoms with Gasteiger partial charge >= 0.3 is 0 Å². The third-order valence-electron chi connectivity index (χ3n) is 1.70. The molecule has 0 aliphatic rings. The Balaban J connectivity index is 3.02. The molecule has 12 heavy (non-hydrogen) atoms. The van der Waals surface area contributed by atoms with Crippen molar-refractivity contribution >= 4 is 5.91 Å². The van der Waals surface area contributed by atoms with Crippen molar-refractivity contribution in [1.29, 1.82) is 0 Å². The van der Waals surface area contributed by atoms with Gasteiger partial charge in [0.15, 0.2) is 0 Å². The Kier molecular flexibility index (Phi) is 7.47. The number of amides is 1. The molecule has 0 aromatic rings. The normalized spacial score (nSPS) is 9.00. The lowest BCUT2D eigenvalue weighted by molar-refractivity contribution is -0.115. The molecule has 0 saturated carbocycles. The highest BCUT2D eigenvalue weighted by Gasteiger charge is 1.92. The summed E-state index contributed by atoms with van der Waals surface area (Å²) in [4.78, 5) is 10.6. The number of carbonyl (C=O) groups is 1. The van der Waals surface area contributed by atoms with E-state index < -0.39 is 0 Å². The van der Waals surface area contributed by atoms with Crippen LogP contribution in [0.5, 0.6) is 0 Å². The highest BCUT2D eigenvalue weighted by molar-refractivity contribution is 5.92. The average molecular weight is 167 g/mol. The van der Waals surface area contributed by atoms with E-state index in [9.17, 15) is 4.79 Å². The maximum atomic E-state index is 10.6. The van der Waals surface area contributed by atoms with Gasteiger partial charge in [0.2, 0.25) is 0 Å². The van der Waals surface area contributed by atoms with Crippen molar-refractivity contribution in [2.75, 3.05) is 6.54 Å². The van der Waals surface area contributed by atoms with Crippen molar-refractivity contribution < 1.29 is 4.79 Å². The van der Waals surface area contributed by atoms with Crippen molar-refractivity contribution in [1.82, 2.24) is 5.32 Å². The molecule has 68 valence electrons. The molecule has 0 unspecified atom stereocenters. The van der Waals surface area contributed by atoms with Gasteiger partial charge in [0.05, 0.1) is 0 Å². The van der Waals surface area contributed by atoms with Crippen molar-refractivity contribution in [3.8, 4) is 12.3 Å². The minimum absolute atomic E-state index is 0.300. The van der Waals surface area contributed by atoms with Crippen molar-refractivity contribution in [3.05, 3.63) is 0 Å². The summed E-state index contributed by atoms with van der Waals surface area (Å²) < 4.78 is 0. The number of terminal acetylenes is 1. The van der Waals surface area contributed by atoms with E-state index >= 15 is 0 Å². The summed E-state index contributed by atoms with van der Waals surface area (Å²) in [7, 11) is 0. The second-order valence-electron chi connectivity index (χ2n) is 2.81. The number of rotatable bonds is 6. The van der Waals surface area contributed by atoms with Crippen LogP contribution in [-0.2, 0) is 4.79 Å². The minimum atomic E-state index is -0.300. The zero-order valence-electron chi connectivity index (χ0n) is 7.73. The number of hydrogen-bond acceptors (Lipinski definition) is 1. The maximum absolute atomic E-state index is 10.6. The Bertz CT molecular complexity index is 158. The van der Waals surface area contributed by atoms with Gasteiger partial charge in [-0.15, -0.1) is 6.42 Å². The van der Waals surface area contributed by atoms with E-state index in [1.165, 1.54) is 25.7 Å². The summed E-state index contributed by atoms with van der Waals surface area (Å²) >= 11 is 0. The fourth-order valence-electron chi connectivity index (χ4n) is 0.982. The van der Waals surface area contributed by atoms with Gasteiger partial charge in [0.25, 0.3) is 5.91 Å². The lowest BCUT2D eigenvalue weighted by atomic mass is 10.1. The van der Waals surface area contributed by atoms with Gasteiger partial charge in [0.1, 0.15) is 0 Å². The maximum Gasteiger partial charge on any atom is 0.295 e. The van der Waals surface area contributed by atoms with Crippen LogP contribution in [0.25, 0.3) is 0 Å². The summed E-state index contributed by atoms with van der Waals surface area (Å²) in [5, 5.41) is 2.63. The summed E-state index contributed by atoms with van der Waals surface area (Å²) in [6.45, 7) is 2.90. The second kappa shape index (κ2) is 8.13. The smallest absolute Gasteiger partial charge is 0.295 e. The standard InChI is InChI=1S/C10H17NO/c1-3-5-6-7-8-9-11-10(12)4-2/h2H,3,5-9H2,1H3,(H,11,12). The van der Waals surface area contributed by atoms with E-state index in [0.29, 0.717) is 6.54 Å². The zero-order valence-corrected chi connectivity index (χ0v) is 7.73. The molecule has 0 rings (SSSR count). The van der Waals surface area contributed by atoms with E-state index in [0.717, 1.165) is 6.42 Å². The van der Waals surface area contributed by atoms with Gasteiger partial charge in [-0.05, 0) is 12.3 Å². The molecule has 1 amide bonds. The van der Waals surface area contributed by atoms with E-state index in [4.69, 9.17) is 6.42 Å². The molecule has 1 N–H and O–H groups in total. The molecule has 0 saturated heterocycles. The minimum Gasteiger partial charge on any atom is -0.345 e. The molecule has 0 radical (unpaired) electrons. The molecule has 0 aliphatic carbocycles. The molecule has 2 heteroatoms. The Labute approximate surface area is 74.7 Å². The van der Waals surface area contributed by atoms with E-state index in [1.54, 1.807) is 0 Å². The van der Waals surface area contributed by atoms with Gasteiger partial charge in [-0.25, -0.2) is 0 Å². The predicted molar refractivity (Wildman–Crippen MR) is 50.6 cm³/mol. The third-order valence-corrected chi connectivity index (χ3v) is 1.70. The van der Waals surface area contributed by atoms with Gasteiger partial charge in [0, 0.05) is 6.54 Å². The van der Waals surface area contributed by atoms with E-state index in [2.05, 4.69) is 12.2 Å². The molecular weight excluding hydrogens is 150 g/mol. The number of hydrogen-bond donors (Lipinski definition) is 1. The van der Waals surface area contributed by atoms with Crippen molar-refractivity contribution in [3.63, 3.8) is 0 Å². The van der Waals surface area contributed by atoms with Gasteiger partial charge in [-0.2, -0.15) is 0 Å². The molecule has 0 atom stereocenters. The quantitative estimate of drug-likeness (QED) is 0.473. The fraction of sp³-hybridized carbons (Fsp3) is 0.700. The van der Waals surface area contributed by atoms with Crippen LogP contribution < -0.4 is 5.32 Å². The van der Waals surface area contributed by atoms with Crippen LogP contribution in [0.15, 0.2) is 0 Å². The summed E-state index contributed by atoms with van der Waals surface area (Å²) in [6, 6.07) is 0. The largest absolute Gasteiger partial charge is 0.345 e. The Morgan fingerprint density at radius 3 is 2.58 bits per heavy atom. The molecule has 0 aromatic carbocycles. The van der Waals surface area contributed by atoms with Crippen LogP contribution >= 0.6 is 0 Å². The Morgan fingerprint density at radius 2 is 2.00 bits per heavy atom. The third kappa shape index (κ3) is 7.14. The highest BCUT2D eigenvalue weighted by Crippen LogP contribution is 2.00. The second-order valence-corrected chi connectivity index (χ2v) is 2.81. The SMILES string of the molecule is C#CC(=O)NCCCCCCC. The van der Waals surface area contributed by atoms with Gasteiger partial charge < -0.3 is 5.32 Å². The molecule has 0 aromatic heterocycles. The first kappa shape index (κ1) is 11.0. The zero-order chi connectivity index (χ0) is 9.23. The summed E-state index contributed by atoms with van der Waals surface area (Å²) in [5.74, 6) is 1.72. The number of nitrogens with one attached hydrogen (secondary N) is 1.